The van der Waals surface area contributed by atoms with Crippen molar-refractivity contribution in [2.45, 2.75) is 235 Å². The van der Waals surface area contributed by atoms with Crippen LogP contribution in [0.2, 0.25) is 0 Å². The van der Waals surface area contributed by atoms with Crippen LogP contribution in [0.3, 0.4) is 0 Å². The second-order valence-electron chi connectivity index (χ2n) is 45.8. The minimum atomic E-state index is -0.234. The Hall–Kier alpha value is -8.66. The summed E-state index contributed by atoms with van der Waals surface area (Å²) < 4.78 is 20.0. The largest absolute Gasteiger partial charge is 0.488 e. The molecule has 0 atom stereocenters. The summed E-state index contributed by atoms with van der Waals surface area (Å²) in [6.45, 7) is 44.2. The minimum Gasteiger partial charge on any atom is -0.488 e. The van der Waals surface area contributed by atoms with Crippen LogP contribution in [0, 0.1) is 0 Å². The molecule has 2 heterocycles. The van der Waals surface area contributed by atoms with E-state index in [1.165, 1.54) is 167 Å². The van der Waals surface area contributed by atoms with Crippen LogP contribution < -0.4 is 27.4 Å². The van der Waals surface area contributed by atoms with Crippen molar-refractivity contribution < 1.29 is 9.47 Å². The highest BCUT2D eigenvalue weighted by Crippen LogP contribution is 2.46. The van der Waals surface area contributed by atoms with Gasteiger partial charge in [0.1, 0.15) is 47.5 Å². The Morgan fingerprint density at radius 3 is 0.562 bits per heavy atom. The molecule has 0 amide bonds. The topological polar surface area (TPSA) is 18.5 Å². The molecule has 0 aromatic heterocycles. The third-order valence-electron chi connectivity index (χ3n) is 26.0. The molecule has 11 aromatic carbocycles. The van der Waals surface area contributed by atoms with Gasteiger partial charge < -0.3 is 9.47 Å². The van der Waals surface area contributed by atoms with Gasteiger partial charge in [-0.3, -0.25) is 17.9 Å². The van der Waals surface area contributed by atoms with Crippen LogP contribution in [0.4, 0.5) is 22.7 Å². The van der Waals surface area contributed by atoms with E-state index in [4.69, 9.17) is 9.47 Å². The fraction of sp³-hybridized carbons (Fsp3) is 0.421. The summed E-state index contributed by atoms with van der Waals surface area (Å²) in [6, 6.07) is 76.2. The lowest BCUT2D eigenvalue weighted by Crippen LogP contribution is -2.34. The van der Waals surface area contributed by atoms with Gasteiger partial charge in [-0.25, -0.2) is 0 Å². The summed E-state index contributed by atoms with van der Waals surface area (Å²) in [7, 11) is 27.3. The van der Waals surface area contributed by atoms with E-state index in [-0.39, 0.29) is 32.5 Å². The minimum absolute atomic E-state index is 0.203. The second-order valence-corrected chi connectivity index (χ2v) is 46.6. The third kappa shape index (κ3) is 21.1. The van der Waals surface area contributed by atoms with Crippen molar-refractivity contribution in [2.75, 3.05) is 84.6 Å². The Balaban J connectivity index is 1.23. The van der Waals surface area contributed by atoms with Gasteiger partial charge in [-0.05, 0) is 280 Å². The van der Waals surface area contributed by atoms with Crippen LogP contribution in [-0.2, 0) is 110 Å². The SMILES string of the molecule is CC(C)(C)c1cc2c(Cc3ccc([N+](C)(C)C)cc3)c(c1)Cc1cc(C(C)(C)C)cc3c1OCc1cccc(c1Br)COc1c(cc(C(C)(C)C)cc1Cc1cc(C(C)(C)C)cc(c1Cc1ccc([N+](C)(C)C)cc1)Cc1cc(C(C)(C)C)cc(c1Cc1ccc([N+](C)(C)C)cc1)C3)Cc1cc(C(C)(C)C)cc(c1Cc1ccc([N+](C)(C)C)cc1)C2. The summed E-state index contributed by atoms with van der Waals surface area (Å²) in [4.78, 5) is 0. The van der Waals surface area contributed by atoms with Gasteiger partial charge in [0.05, 0.1) is 84.6 Å². The highest BCUT2D eigenvalue weighted by Gasteiger charge is 2.33. The number of nitrogens with zero attached hydrogens (tertiary/aromatic N) is 4. The third-order valence-corrected chi connectivity index (χ3v) is 27.0. The highest BCUT2D eigenvalue weighted by molar-refractivity contribution is 9.10. The molecule has 0 spiro atoms. The fourth-order valence-corrected chi connectivity index (χ4v) is 18.3. The van der Waals surface area contributed by atoms with E-state index >= 15 is 0 Å². The van der Waals surface area contributed by atoms with Gasteiger partial charge in [-0.2, -0.15) is 0 Å². The number of fused-ring (bicyclic) bond motifs is 10. The number of ether oxygens (including phenoxy) is 2. The number of benzene rings is 11. The molecule has 0 saturated carbocycles. The van der Waals surface area contributed by atoms with Gasteiger partial charge in [-0.1, -0.05) is 264 Å². The zero-order valence-corrected chi connectivity index (χ0v) is 81.5. The predicted octanol–water partition coefficient (Wildman–Crippen LogP) is 26.7. The second kappa shape index (κ2) is 33.4. The first-order chi connectivity index (χ1) is 56.1. The van der Waals surface area contributed by atoms with E-state index in [1.54, 1.807) is 0 Å². The first-order valence-electron chi connectivity index (χ1n) is 44.7. The molecule has 0 unspecified atom stereocenters. The van der Waals surface area contributed by atoms with Crippen LogP contribution >= 0.6 is 15.9 Å². The Morgan fingerprint density at radius 2 is 0.397 bits per heavy atom. The van der Waals surface area contributed by atoms with E-state index in [9.17, 15) is 0 Å². The van der Waals surface area contributed by atoms with Crippen molar-refractivity contribution in [1.29, 1.82) is 0 Å². The molecule has 2 aliphatic rings. The standard InChI is InChI=1S/C114H145BrN4O2/c1-109(2,3)92-60-80-54-81-61-93(110(4,5)6)65-85(103(81)51-75-36-44-99(45-37-75)117(22,23)24)57-90-70-97(114(16,17)18)71-91-59-87-67-95(112(10,11)12)63-83(105(87)53-77-40-48-101(49-41-77)119(28,29)30)55-82-62-94(111(7,8)9)66-86(104(82)52-76-38-46-100(47-39-76)118(25,26)27)58-89-69-96(113(13,14)15)68-88(107(89)120-72-78-32-31-33-79(106(78)115)73-121-108(90)91)56-84(64-92)102(80)50-74-34-42-98(43-35-74)116(19,20)21/h31-49,60-71H,50-59,72-73H2,1-30H3/q+4. The summed E-state index contributed by atoms with van der Waals surface area (Å²) in [6.07, 6.45) is 7.15. The Kier molecular flexibility index (Phi) is 24.9. The van der Waals surface area contributed by atoms with Crippen molar-refractivity contribution in [2.24, 2.45) is 0 Å². The molecule has 0 radical (unpaired) electrons. The van der Waals surface area contributed by atoms with Gasteiger partial charge in [0.25, 0.3) is 0 Å². The Bertz CT molecular complexity index is 5000. The normalized spacial score (nSPS) is 14.2. The summed E-state index contributed by atoms with van der Waals surface area (Å²) in [5.41, 5.74) is 40.4. The van der Waals surface area contributed by atoms with Crippen LogP contribution in [0.15, 0.2) is 193 Å². The lowest BCUT2D eigenvalue weighted by atomic mass is 9.76. The van der Waals surface area contributed by atoms with Gasteiger partial charge in [0.15, 0.2) is 0 Å². The van der Waals surface area contributed by atoms with Crippen molar-refractivity contribution in [3.63, 3.8) is 0 Å². The molecule has 7 heteroatoms. The van der Waals surface area contributed by atoms with Gasteiger partial charge in [-0.15, -0.1) is 0 Å². The van der Waals surface area contributed by atoms with Crippen LogP contribution in [0.25, 0.3) is 0 Å². The Labute approximate surface area is 739 Å². The molecule has 0 saturated heterocycles. The lowest BCUT2D eigenvalue weighted by Gasteiger charge is -2.30. The summed E-state index contributed by atoms with van der Waals surface area (Å²) >= 11 is 4.39. The molecule has 12 bridgehead atoms. The highest BCUT2D eigenvalue weighted by atomic mass is 79.9. The summed E-state index contributed by atoms with van der Waals surface area (Å²) in [5.74, 6) is 1.92. The number of quaternary nitrogens is 4. The van der Waals surface area contributed by atoms with E-state index in [0.717, 1.165) is 83.6 Å². The number of hydrogen-bond acceptors (Lipinski definition) is 2. The van der Waals surface area contributed by atoms with Crippen LogP contribution in [-0.4, -0.2) is 84.6 Å². The molecule has 121 heavy (non-hydrogen) atoms. The van der Waals surface area contributed by atoms with Gasteiger partial charge >= 0.3 is 0 Å². The van der Waals surface area contributed by atoms with Crippen molar-refractivity contribution in [3.8, 4) is 11.5 Å². The summed E-state index contributed by atoms with van der Waals surface area (Å²) in [5, 5.41) is 0. The zero-order chi connectivity index (χ0) is 88.0. The molecule has 13 rings (SSSR count). The predicted molar refractivity (Wildman–Crippen MR) is 526 cm³/mol. The monoisotopic (exact) mass is 1680 g/mol. The van der Waals surface area contributed by atoms with Crippen molar-refractivity contribution in [1.82, 2.24) is 17.9 Å². The molecule has 0 fully saturated rings. The van der Waals surface area contributed by atoms with Crippen LogP contribution in [0.1, 0.15) is 280 Å². The molecular weight excluding hydrogens is 1540 g/mol. The molecule has 6 nitrogen and oxygen atoms in total. The molecular formula is C114H145BrN4O2+4. The van der Waals surface area contributed by atoms with E-state index < -0.39 is 0 Å². The van der Waals surface area contributed by atoms with Gasteiger partial charge in [0, 0.05) is 41.3 Å². The maximum Gasteiger partial charge on any atom is 0.132 e. The van der Waals surface area contributed by atoms with Crippen LogP contribution in [0.5, 0.6) is 11.5 Å². The molecule has 2 aliphatic heterocycles. The van der Waals surface area contributed by atoms with E-state index in [1.807, 2.05) is 0 Å². The quantitative estimate of drug-likeness (QED) is 0.114. The van der Waals surface area contributed by atoms with Crippen molar-refractivity contribution >= 4 is 38.7 Å². The number of rotatable bonds is 12. The first-order valence-corrected chi connectivity index (χ1v) is 45.5. The molecule has 0 aliphatic carbocycles. The number of hydrogen-bond donors (Lipinski definition) is 0. The van der Waals surface area contributed by atoms with Gasteiger partial charge in [0.2, 0.25) is 0 Å². The molecule has 636 valence electrons. The zero-order valence-electron chi connectivity index (χ0n) is 79.9. The Morgan fingerprint density at radius 1 is 0.231 bits per heavy atom. The molecule has 11 aromatic rings. The number of halogens is 1. The first kappa shape index (κ1) is 90.1. The average molecular weight is 1680 g/mol. The van der Waals surface area contributed by atoms with E-state index in [2.05, 4.69) is 413 Å². The average Bonchev–Trinajstić information content (AvgIpc) is 0.759. The fourth-order valence-electron chi connectivity index (χ4n) is 17.8. The van der Waals surface area contributed by atoms with Crippen molar-refractivity contribution in [3.05, 3.63) is 348 Å². The van der Waals surface area contributed by atoms with E-state index in [0.29, 0.717) is 38.9 Å². The smallest absolute Gasteiger partial charge is 0.132 e. The maximum absolute atomic E-state index is 8.03. The lowest BCUT2D eigenvalue weighted by molar-refractivity contribution is 0.292. The maximum atomic E-state index is 8.03. The molecule has 0 N–H and O–H groups in total.